The Labute approximate surface area is 139 Å². The lowest BCUT2D eigenvalue weighted by Crippen LogP contribution is -2.25. The molecule has 0 saturated carbocycles. The first-order chi connectivity index (χ1) is 11.6. The Kier molecular flexibility index (Phi) is 4.33. The van der Waals surface area contributed by atoms with Crippen molar-refractivity contribution in [3.05, 3.63) is 53.9 Å². The molecule has 0 unspecified atom stereocenters. The zero-order valence-corrected chi connectivity index (χ0v) is 13.9. The van der Waals surface area contributed by atoms with Crippen molar-refractivity contribution >= 4 is 17.4 Å². The third kappa shape index (κ3) is 3.01. The zero-order valence-electron chi connectivity index (χ0n) is 13.9. The van der Waals surface area contributed by atoms with Gasteiger partial charge in [0.05, 0.1) is 13.3 Å². The summed E-state index contributed by atoms with van der Waals surface area (Å²) in [6.45, 7) is 0.367. The molecule has 1 aromatic carbocycles. The van der Waals surface area contributed by atoms with Crippen molar-refractivity contribution in [1.82, 2.24) is 19.9 Å². The van der Waals surface area contributed by atoms with Crippen LogP contribution in [0.4, 0.5) is 5.82 Å². The number of fused-ring (bicyclic) bond motifs is 1. The Balaban J connectivity index is 1.83. The van der Waals surface area contributed by atoms with Crippen molar-refractivity contribution in [2.24, 2.45) is 0 Å². The molecule has 0 fully saturated rings. The predicted molar refractivity (Wildman–Crippen MR) is 91.5 cm³/mol. The van der Waals surface area contributed by atoms with Gasteiger partial charge in [-0.1, -0.05) is 18.2 Å². The average molecular weight is 325 g/mol. The van der Waals surface area contributed by atoms with E-state index in [-0.39, 0.29) is 5.91 Å². The van der Waals surface area contributed by atoms with Gasteiger partial charge in [0.2, 0.25) is 0 Å². The first-order valence-electron chi connectivity index (χ1n) is 7.52. The standard InChI is InChI=1S/C17H19N5O2/c1-21(2)16-10-13(20-15-8-9-19-22(15)16)17(23)18-11-12-6-4-5-7-14(12)24-3/h4-10H,11H2,1-3H3,(H,18,23). The van der Waals surface area contributed by atoms with Crippen LogP contribution in [0.3, 0.4) is 0 Å². The number of carbonyl (C=O) groups is 1. The van der Waals surface area contributed by atoms with Crippen LogP contribution >= 0.6 is 0 Å². The Morgan fingerprint density at radius 1 is 1.29 bits per heavy atom. The minimum Gasteiger partial charge on any atom is -0.496 e. The number of methoxy groups -OCH3 is 1. The monoisotopic (exact) mass is 325 g/mol. The number of aromatic nitrogens is 3. The molecule has 2 aromatic heterocycles. The SMILES string of the molecule is COc1ccccc1CNC(=O)c1cc(N(C)C)n2nccc2n1. The number of hydrogen-bond donors (Lipinski definition) is 1. The van der Waals surface area contributed by atoms with Gasteiger partial charge in [-0.05, 0) is 6.07 Å². The number of rotatable bonds is 5. The maximum atomic E-state index is 12.5. The number of para-hydroxylation sites is 1. The van der Waals surface area contributed by atoms with Crippen LogP contribution in [0.1, 0.15) is 16.1 Å². The molecule has 1 N–H and O–H groups in total. The topological polar surface area (TPSA) is 71.8 Å². The highest BCUT2D eigenvalue weighted by Gasteiger charge is 2.14. The molecule has 1 amide bonds. The Morgan fingerprint density at radius 2 is 2.08 bits per heavy atom. The van der Waals surface area contributed by atoms with Gasteiger partial charge in [0, 0.05) is 38.3 Å². The summed E-state index contributed by atoms with van der Waals surface area (Å²) in [4.78, 5) is 18.7. The fourth-order valence-electron chi connectivity index (χ4n) is 2.45. The van der Waals surface area contributed by atoms with E-state index < -0.39 is 0 Å². The highest BCUT2D eigenvalue weighted by molar-refractivity contribution is 5.93. The maximum absolute atomic E-state index is 12.5. The van der Waals surface area contributed by atoms with Gasteiger partial charge < -0.3 is 15.0 Å². The molecule has 3 aromatic rings. The average Bonchev–Trinajstić information content (AvgIpc) is 3.07. The highest BCUT2D eigenvalue weighted by atomic mass is 16.5. The number of carbonyl (C=O) groups excluding carboxylic acids is 1. The molecule has 0 radical (unpaired) electrons. The molecule has 2 heterocycles. The lowest BCUT2D eigenvalue weighted by atomic mass is 10.2. The van der Waals surface area contributed by atoms with Gasteiger partial charge in [-0.15, -0.1) is 0 Å². The van der Waals surface area contributed by atoms with E-state index in [1.807, 2.05) is 43.3 Å². The van der Waals surface area contributed by atoms with E-state index in [9.17, 15) is 4.79 Å². The fraction of sp³-hybridized carbons (Fsp3) is 0.235. The van der Waals surface area contributed by atoms with E-state index in [0.717, 1.165) is 17.1 Å². The van der Waals surface area contributed by atoms with Gasteiger partial charge >= 0.3 is 0 Å². The largest absolute Gasteiger partial charge is 0.496 e. The highest BCUT2D eigenvalue weighted by Crippen LogP contribution is 2.18. The van der Waals surface area contributed by atoms with E-state index in [1.165, 1.54) is 0 Å². The molecule has 3 rings (SSSR count). The first kappa shape index (κ1) is 15.8. The summed E-state index contributed by atoms with van der Waals surface area (Å²) in [6.07, 6.45) is 1.66. The molecule has 0 aliphatic heterocycles. The molecule has 7 nitrogen and oxygen atoms in total. The van der Waals surface area contributed by atoms with Crippen LogP contribution in [0.25, 0.3) is 5.65 Å². The molecule has 7 heteroatoms. The van der Waals surface area contributed by atoms with Crippen molar-refractivity contribution in [2.45, 2.75) is 6.54 Å². The van der Waals surface area contributed by atoms with Crippen molar-refractivity contribution in [1.29, 1.82) is 0 Å². The fourth-order valence-corrected chi connectivity index (χ4v) is 2.45. The van der Waals surface area contributed by atoms with Crippen molar-refractivity contribution in [3.8, 4) is 5.75 Å². The molecule has 0 saturated heterocycles. The number of anilines is 1. The Bertz CT molecular complexity index is 872. The van der Waals surface area contributed by atoms with Gasteiger partial charge in [-0.2, -0.15) is 9.61 Å². The van der Waals surface area contributed by atoms with E-state index in [1.54, 1.807) is 30.0 Å². The van der Waals surface area contributed by atoms with Gasteiger partial charge in [-0.3, -0.25) is 4.79 Å². The van der Waals surface area contributed by atoms with Gasteiger partial charge in [0.25, 0.3) is 5.91 Å². The van der Waals surface area contributed by atoms with Crippen molar-refractivity contribution in [3.63, 3.8) is 0 Å². The number of nitrogens with one attached hydrogen (secondary N) is 1. The predicted octanol–water partition coefficient (Wildman–Crippen LogP) is 1.73. The van der Waals surface area contributed by atoms with E-state index in [4.69, 9.17) is 4.74 Å². The number of nitrogens with zero attached hydrogens (tertiary/aromatic N) is 4. The normalized spacial score (nSPS) is 10.6. The van der Waals surface area contributed by atoms with Gasteiger partial charge in [0.1, 0.15) is 17.3 Å². The quantitative estimate of drug-likeness (QED) is 0.773. The second-order valence-electron chi connectivity index (χ2n) is 5.49. The third-order valence-electron chi connectivity index (χ3n) is 3.66. The Morgan fingerprint density at radius 3 is 2.83 bits per heavy atom. The summed E-state index contributed by atoms with van der Waals surface area (Å²) in [7, 11) is 5.40. The van der Waals surface area contributed by atoms with Crippen LogP contribution in [0.15, 0.2) is 42.6 Å². The van der Waals surface area contributed by atoms with E-state index >= 15 is 0 Å². The Hall–Kier alpha value is -3.09. The minimum atomic E-state index is -0.243. The molecule has 0 atom stereocenters. The lowest BCUT2D eigenvalue weighted by molar-refractivity contribution is 0.0946. The minimum absolute atomic E-state index is 0.243. The van der Waals surface area contributed by atoms with Crippen molar-refractivity contribution in [2.75, 3.05) is 26.1 Å². The van der Waals surface area contributed by atoms with Crippen molar-refractivity contribution < 1.29 is 9.53 Å². The second kappa shape index (κ2) is 6.57. The third-order valence-corrected chi connectivity index (χ3v) is 3.66. The van der Waals surface area contributed by atoms with Crippen LogP contribution < -0.4 is 15.0 Å². The number of hydrogen-bond acceptors (Lipinski definition) is 5. The first-order valence-corrected chi connectivity index (χ1v) is 7.52. The van der Waals surface area contributed by atoms with Crippen LogP contribution in [0, 0.1) is 0 Å². The molecule has 124 valence electrons. The lowest BCUT2D eigenvalue weighted by Gasteiger charge is -2.15. The number of benzene rings is 1. The summed E-state index contributed by atoms with van der Waals surface area (Å²) in [6, 6.07) is 11.1. The molecule has 0 bridgehead atoms. The van der Waals surface area contributed by atoms with E-state index in [0.29, 0.717) is 17.9 Å². The molecule has 24 heavy (non-hydrogen) atoms. The summed E-state index contributed by atoms with van der Waals surface area (Å²) in [5.74, 6) is 1.28. The summed E-state index contributed by atoms with van der Waals surface area (Å²) < 4.78 is 6.99. The summed E-state index contributed by atoms with van der Waals surface area (Å²) >= 11 is 0. The van der Waals surface area contributed by atoms with Crippen LogP contribution in [-0.2, 0) is 6.54 Å². The molecule has 0 spiro atoms. The zero-order chi connectivity index (χ0) is 17.1. The van der Waals surface area contributed by atoms with E-state index in [2.05, 4.69) is 15.4 Å². The van der Waals surface area contributed by atoms with Crippen LogP contribution in [0.5, 0.6) is 5.75 Å². The molecular formula is C17H19N5O2. The van der Waals surface area contributed by atoms with Gasteiger partial charge in [-0.25, -0.2) is 4.98 Å². The summed E-state index contributed by atoms with van der Waals surface area (Å²) in [5.41, 5.74) is 1.89. The van der Waals surface area contributed by atoms with Gasteiger partial charge in [0.15, 0.2) is 5.65 Å². The number of ether oxygens (including phenoxy) is 1. The van der Waals surface area contributed by atoms with Crippen LogP contribution in [0.2, 0.25) is 0 Å². The smallest absolute Gasteiger partial charge is 0.270 e. The number of amides is 1. The molecular weight excluding hydrogens is 306 g/mol. The maximum Gasteiger partial charge on any atom is 0.270 e. The molecule has 0 aliphatic rings. The second-order valence-corrected chi connectivity index (χ2v) is 5.49. The van der Waals surface area contributed by atoms with Crippen LogP contribution in [-0.4, -0.2) is 41.7 Å². The molecule has 0 aliphatic carbocycles. The summed E-state index contributed by atoms with van der Waals surface area (Å²) in [5, 5.41) is 7.10.